The van der Waals surface area contributed by atoms with Crippen molar-refractivity contribution >= 4 is 28.7 Å². The molecule has 0 aromatic carbocycles. The van der Waals surface area contributed by atoms with Crippen LogP contribution < -0.4 is 0 Å². The Morgan fingerprint density at radius 1 is 1.54 bits per heavy atom. The number of carbonyl (C=O) groups is 1. The third-order valence-electron chi connectivity index (χ3n) is 1.82. The molecule has 0 unspecified atom stereocenters. The van der Waals surface area contributed by atoms with Gasteiger partial charge in [0.25, 0.3) is 0 Å². The number of carbonyl (C=O) groups excluding carboxylic acids is 1. The van der Waals surface area contributed by atoms with Crippen LogP contribution in [0.15, 0.2) is 12.1 Å². The number of hydrogen-bond acceptors (Lipinski definition) is 2. The number of rotatable bonds is 5. The summed E-state index contributed by atoms with van der Waals surface area (Å²) in [6.07, 6.45) is 2.36. The fourth-order valence-corrected chi connectivity index (χ4v) is 2.12. The van der Waals surface area contributed by atoms with Crippen molar-refractivity contribution in [2.45, 2.75) is 26.2 Å². The van der Waals surface area contributed by atoms with Crippen LogP contribution in [0.5, 0.6) is 0 Å². The lowest BCUT2D eigenvalue weighted by Gasteiger charge is -1.93. The van der Waals surface area contributed by atoms with E-state index in [1.54, 1.807) is 11.3 Å². The van der Waals surface area contributed by atoms with Crippen molar-refractivity contribution in [3.05, 3.63) is 21.9 Å². The Bertz CT molecular complexity index is 280. The van der Waals surface area contributed by atoms with Crippen molar-refractivity contribution in [1.29, 1.82) is 0 Å². The van der Waals surface area contributed by atoms with Crippen LogP contribution >= 0.6 is 22.9 Å². The minimum atomic E-state index is 0.227. The van der Waals surface area contributed by atoms with E-state index in [9.17, 15) is 4.79 Å². The molecular formula is C10H13ClOS. The summed E-state index contributed by atoms with van der Waals surface area (Å²) in [7, 11) is 0. The van der Waals surface area contributed by atoms with Gasteiger partial charge in [0.2, 0.25) is 0 Å². The first-order valence-corrected chi connectivity index (χ1v) is 5.81. The van der Waals surface area contributed by atoms with Crippen molar-refractivity contribution < 1.29 is 4.79 Å². The maximum absolute atomic E-state index is 11.5. The molecule has 0 amide bonds. The zero-order valence-corrected chi connectivity index (χ0v) is 9.25. The van der Waals surface area contributed by atoms with Crippen molar-refractivity contribution in [2.24, 2.45) is 0 Å². The number of hydrogen-bond donors (Lipinski definition) is 0. The highest BCUT2D eigenvalue weighted by Crippen LogP contribution is 2.18. The predicted molar refractivity (Wildman–Crippen MR) is 58.0 cm³/mol. The second-order valence-corrected chi connectivity index (χ2v) is 4.38. The van der Waals surface area contributed by atoms with Crippen LogP contribution in [0.4, 0.5) is 0 Å². The second kappa shape index (κ2) is 5.40. The van der Waals surface area contributed by atoms with Gasteiger partial charge >= 0.3 is 0 Å². The molecule has 1 aromatic heterocycles. The monoisotopic (exact) mass is 216 g/mol. The van der Waals surface area contributed by atoms with Crippen molar-refractivity contribution in [1.82, 2.24) is 0 Å². The summed E-state index contributed by atoms with van der Waals surface area (Å²) in [5.74, 6) is 0.794. The number of Topliss-reactive ketones (excluding diaryl/α,β-unsaturated/α-hetero) is 1. The molecule has 0 saturated heterocycles. The van der Waals surface area contributed by atoms with Gasteiger partial charge in [-0.2, -0.15) is 0 Å². The second-order valence-electron chi connectivity index (χ2n) is 2.84. The molecule has 1 aromatic rings. The Morgan fingerprint density at radius 2 is 2.31 bits per heavy atom. The van der Waals surface area contributed by atoms with E-state index in [0.29, 0.717) is 12.3 Å². The molecule has 3 heteroatoms. The third kappa shape index (κ3) is 3.12. The highest BCUT2D eigenvalue weighted by molar-refractivity contribution is 7.14. The van der Waals surface area contributed by atoms with Gasteiger partial charge in [-0.05, 0) is 25.0 Å². The maximum Gasteiger partial charge on any atom is 0.172 e. The molecule has 0 fully saturated rings. The molecular weight excluding hydrogens is 204 g/mol. The molecule has 0 atom stereocenters. The third-order valence-corrected chi connectivity index (χ3v) is 3.36. The van der Waals surface area contributed by atoms with Gasteiger partial charge < -0.3 is 0 Å². The van der Waals surface area contributed by atoms with E-state index >= 15 is 0 Å². The topological polar surface area (TPSA) is 17.1 Å². The Hall–Kier alpha value is -0.340. The molecule has 1 heterocycles. The summed E-state index contributed by atoms with van der Waals surface area (Å²) in [6, 6.07) is 3.94. The van der Waals surface area contributed by atoms with Crippen molar-refractivity contribution in [3.63, 3.8) is 0 Å². The molecule has 0 spiro atoms. The maximum atomic E-state index is 11.5. The first-order chi connectivity index (χ1) is 6.27. The van der Waals surface area contributed by atoms with Gasteiger partial charge in [0.15, 0.2) is 5.78 Å². The zero-order valence-electron chi connectivity index (χ0n) is 7.68. The summed E-state index contributed by atoms with van der Waals surface area (Å²) in [4.78, 5) is 13.6. The van der Waals surface area contributed by atoms with E-state index in [-0.39, 0.29) is 5.78 Å². The van der Waals surface area contributed by atoms with Gasteiger partial charge in [-0.15, -0.1) is 22.9 Å². The Morgan fingerprint density at radius 3 is 2.85 bits per heavy atom. The average molecular weight is 217 g/mol. The molecule has 0 aliphatic rings. The van der Waals surface area contributed by atoms with E-state index < -0.39 is 0 Å². The SMILES string of the molecule is CCc1ccc(C(=O)CCCCl)s1. The predicted octanol–water partition coefficient (Wildman–Crippen LogP) is 3.51. The first kappa shape index (κ1) is 10.7. The van der Waals surface area contributed by atoms with E-state index in [4.69, 9.17) is 11.6 Å². The Labute approximate surface area is 87.7 Å². The molecule has 0 N–H and O–H groups in total. The molecule has 0 aliphatic heterocycles. The lowest BCUT2D eigenvalue weighted by Crippen LogP contribution is -1.95. The average Bonchev–Trinajstić information content (AvgIpc) is 2.62. The molecule has 0 bridgehead atoms. The van der Waals surface area contributed by atoms with Crippen LogP contribution in [0.25, 0.3) is 0 Å². The van der Waals surface area contributed by atoms with Crippen LogP contribution in [0, 0.1) is 0 Å². The first-order valence-electron chi connectivity index (χ1n) is 4.45. The van der Waals surface area contributed by atoms with Crippen LogP contribution in [0.2, 0.25) is 0 Å². The van der Waals surface area contributed by atoms with E-state index in [0.717, 1.165) is 17.7 Å². The van der Waals surface area contributed by atoms with Crippen LogP contribution in [0.3, 0.4) is 0 Å². The molecule has 1 rings (SSSR count). The fraction of sp³-hybridized carbons (Fsp3) is 0.500. The number of halogens is 1. The number of alkyl halides is 1. The number of ketones is 1. The summed E-state index contributed by atoms with van der Waals surface area (Å²) >= 11 is 7.12. The minimum Gasteiger partial charge on any atom is -0.293 e. The summed E-state index contributed by atoms with van der Waals surface area (Å²) < 4.78 is 0. The highest BCUT2D eigenvalue weighted by atomic mass is 35.5. The number of aryl methyl sites for hydroxylation is 1. The largest absolute Gasteiger partial charge is 0.293 e. The highest BCUT2D eigenvalue weighted by Gasteiger charge is 2.07. The fourth-order valence-electron chi connectivity index (χ4n) is 1.07. The summed E-state index contributed by atoms with van der Waals surface area (Å²) in [5.41, 5.74) is 0. The van der Waals surface area contributed by atoms with Gasteiger partial charge in [0, 0.05) is 17.2 Å². The summed E-state index contributed by atoms with van der Waals surface area (Å²) in [6.45, 7) is 2.10. The smallest absolute Gasteiger partial charge is 0.172 e. The van der Waals surface area contributed by atoms with Crippen LogP contribution in [-0.2, 0) is 6.42 Å². The van der Waals surface area contributed by atoms with Gasteiger partial charge in [-0.3, -0.25) is 4.79 Å². The van der Waals surface area contributed by atoms with Gasteiger partial charge in [0.05, 0.1) is 4.88 Å². The standard InChI is InChI=1S/C10H13ClOS/c1-2-8-5-6-10(13-8)9(12)4-3-7-11/h5-6H,2-4,7H2,1H3. The molecule has 0 saturated carbocycles. The minimum absolute atomic E-state index is 0.227. The van der Waals surface area contributed by atoms with Crippen LogP contribution in [-0.4, -0.2) is 11.7 Å². The van der Waals surface area contributed by atoms with Crippen LogP contribution in [0.1, 0.15) is 34.3 Å². The molecule has 72 valence electrons. The van der Waals surface area contributed by atoms with Gasteiger partial charge in [-0.1, -0.05) is 6.92 Å². The molecule has 0 radical (unpaired) electrons. The van der Waals surface area contributed by atoms with Gasteiger partial charge in [-0.25, -0.2) is 0 Å². The van der Waals surface area contributed by atoms with E-state index in [1.165, 1.54) is 4.88 Å². The quantitative estimate of drug-likeness (QED) is 0.544. The van der Waals surface area contributed by atoms with E-state index in [2.05, 4.69) is 6.92 Å². The molecule has 1 nitrogen and oxygen atoms in total. The number of thiophene rings is 1. The van der Waals surface area contributed by atoms with E-state index in [1.807, 2.05) is 12.1 Å². The Kier molecular flexibility index (Phi) is 4.46. The summed E-state index contributed by atoms with van der Waals surface area (Å²) in [5, 5.41) is 0. The lowest BCUT2D eigenvalue weighted by atomic mass is 10.2. The van der Waals surface area contributed by atoms with Gasteiger partial charge in [0.1, 0.15) is 0 Å². The van der Waals surface area contributed by atoms with Crippen molar-refractivity contribution in [3.8, 4) is 0 Å². The zero-order chi connectivity index (χ0) is 9.68. The molecule has 13 heavy (non-hydrogen) atoms. The normalized spacial score (nSPS) is 10.3. The Balaban J connectivity index is 2.55. The molecule has 0 aliphatic carbocycles. The lowest BCUT2D eigenvalue weighted by molar-refractivity contribution is 0.0986. The van der Waals surface area contributed by atoms with Crippen molar-refractivity contribution in [2.75, 3.05) is 5.88 Å².